The summed E-state index contributed by atoms with van der Waals surface area (Å²) in [4.78, 5) is 23.6. The Morgan fingerprint density at radius 2 is 2.05 bits per heavy atom. The molecule has 0 aromatic carbocycles. The lowest BCUT2D eigenvalue weighted by Crippen LogP contribution is -2.45. The number of aryl methyl sites for hydroxylation is 1. The summed E-state index contributed by atoms with van der Waals surface area (Å²) in [6, 6.07) is 4.65. The minimum atomic E-state index is -0.497. The zero-order chi connectivity index (χ0) is 13.8. The van der Waals surface area contributed by atoms with Crippen LogP contribution in [0.4, 0.5) is 0 Å². The number of nitrogens with zero attached hydrogens (tertiary/aromatic N) is 3. The summed E-state index contributed by atoms with van der Waals surface area (Å²) < 4.78 is 3.17. The molecule has 0 spiro atoms. The number of hydrogen-bond donors (Lipinski definition) is 2. The number of nitrogens with one attached hydrogen (secondary N) is 2. The first-order valence-corrected chi connectivity index (χ1v) is 5.80. The van der Waals surface area contributed by atoms with Gasteiger partial charge in [-0.3, -0.25) is 25.1 Å². The van der Waals surface area contributed by atoms with Crippen LogP contribution in [-0.4, -0.2) is 26.2 Å². The molecule has 2 N–H and O–H groups in total. The fourth-order valence-electron chi connectivity index (χ4n) is 1.61. The number of carbonyl (C=O) groups is 2. The molecule has 7 heteroatoms. The maximum Gasteiger partial charge on any atom is 0.286 e. The normalized spacial score (nSPS) is 11.9. The second-order valence-corrected chi connectivity index (χ2v) is 4.11. The highest BCUT2D eigenvalue weighted by molar-refractivity contribution is 5.94. The maximum absolute atomic E-state index is 11.8. The number of hydrazine groups is 1. The largest absolute Gasteiger partial charge is 0.347 e. The molecule has 2 aromatic rings. The fourth-order valence-corrected chi connectivity index (χ4v) is 1.61. The first-order valence-electron chi connectivity index (χ1n) is 5.80. The van der Waals surface area contributed by atoms with Gasteiger partial charge in [0.05, 0.1) is 0 Å². The van der Waals surface area contributed by atoms with Gasteiger partial charge in [-0.15, -0.1) is 0 Å². The molecule has 2 aromatic heterocycles. The molecular formula is C12H15N5O2. The van der Waals surface area contributed by atoms with E-state index in [4.69, 9.17) is 0 Å². The molecule has 100 valence electrons. The molecule has 0 radical (unpaired) electrons. The van der Waals surface area contributed by atoms with E-state index in [9.17, 15) is 9.59 Å². The van der Waals surface area contributed by atoms with Crippen molar-refractivity contribution < 1.29 is 9.59 Å². The summed E-state index contributed by atoms with van der Waals surface area (Å²) in [7, 11) is 1.75. The molecule has 0 saturated carbocycles. The van der Waals surface area contributed by atoms with Gasteiger partial charge in [0.25, 0.3) is 11.8 Å². The zero-order valence-corrected chi connectivity index (χ0v) is 10.7. The first kappa shape index (κ1) is 12.9. The van der Waals surface area contributed by atoms with E-state index >= 15 is 0 Å². The molecule has 1 atom stereocenters. The van der Waals surface area contributed by atoms with Gasteiger partial charge in [-0.1, -0.05) is 0 Å². The summed E-state index contributed by atoms with van der Waals surface area (Å²) >= 11 is 0. The van der Waals surface area contributed by atoms with Crippen molar-refractivity contribution in [1.29, 1.82) is 0 Å². The van der Waals surface area contributed by atoms with Crippen molar-refractivity contribution in [1.82, 2.24) is 25.2 Å². The molecule has 2 rings (SSSR count). The highest BCUT2D eigenvalue weighted by Crippen LogP contribution is 2.02. The third-order valence-corrected chi connectivity index (χ3v) is 2.78. The van der Waals surface area contributed by atoms with Gasteiger partial charge in [0.1, 0.15) is 11.7 Å². The molecule has 0 aliphatic heterocycles. The number of rotatable bonds is 3. The van der Waals surface area contributed by atoms with E-state index in [-0.39, 0.29) is 11.8 Å². The molecule has 0 aliphatic carbocycles. The Balaban J connectivity index is 1.91. The summed E-state index contributed by atoms with van der Waals surface area (Å²) in [6.45, 7) is 1.69. The minimum absolute atomic E-state index is 0.341. The smallest absolute Gasteiger partial charge is 0.286 e. The quantitative estimate of drug-likeness (QED) is 0.777. The summed E-state index contributed by atoms with van der Waals surface area (Å²) in [5.74, 6) is -0.709. The monoisotopic (exact) mass is 261 g/mol. The fraction of sp³-hybridized carbons (Fsp3) is 0.250. The number of carbonyl (C=O) groups excluding carboxylic acids is 2. The van der Waals surface area contributed by atoms with Crippen LogP contribution in [0.25, 0.3) is 0 Å². The topological polar surface area (TPSA) is 81.0 Å². The van der Waals surface area contributed by atoms with Crippen LogP contribution in [-0.2, 0) is 11.8 Å². The minimum Gasteiger partial charge on any atom is -0.347 e. The predicted molar refractivity (Wildman–Crippen MR) is 68.0 cm³/mol. The standard InChI is InChI=1S/C12H15N5O2/c1-9(17-8-4-6-13-17)11(18)14-15-12(19)10-5-3-7-16(10)2/h3-9H,1-2H3,(H,14,18)(H,15,19). The summed E-state index contributed by atoms with van der Waals surface area (Å²) in [6.07, 6.45) is 5.03. The summed E-state index contributed by atoms with van der Waals surface area (Å²) in [5.41, 5.74) is 5.21. The van der Waals surface area contributed by atoms with E-state index in [1.807, 2.05) is 0 Å². The Kier molecular flexibility index (Phi) is 3.65. The third-order valence-electron chi connectivity index (χ3n) is 2.78. The Morgan fingerprint density at radius 3 is 2.63 bits per heavy atom. The van der Waals surface area contributed by atoms with E-state index in [1.165, 1.54) is 4.68 Å². The van der Waals surface area contributed by atoms with Crippen molar-refractivity contribution in [3.63, 3.8) is 0 Å². The van der Waals surface area contributed by atoms with E-state index in [1.54, 1.807) is 55.3 Å². The molecular weight excluding hydrogens is 246 g/mol. The Hall–Kier alpha value is -2.57. The van der Waals surface area contributed by atoms with Crippen LogP contribution in [0.1, 0.15) is 23.5 Å². The molecule has 1 unspecified atom stereocenters. The molecule has 0 bridgehead atoms. The zero-order valence-electron chi connectivity index (χ0n) is 10.7. The van der Waals surface area contributed by atoms with Gasteiger partial charge in [-0.25, -0.2) is 0 Å². The van der Waals surface area contributed by atoms with Crippen molar-refractivity contribution >= 4 is 11.8 Å². The maximum atomic E-state index is 11.8. The van der Waals surface area contributed by atoms with E-state index in [0.29, 0.717) is 5.69 Å². The lowest BCUT2D eigenvalue weighted by molar-refractivity contribution is -0.124. The Morgan fingerprint density at radius 1 is 1.26 bits per heavy atom. The van der Waals surface area contributed by atoms with Gasteiger partial charge in [0, 0.05) is 25.6 Å². The molecule has 7 nitrogen and oxygen atoms in total. The Bertz CT molecular complexity index is 573. The number of aromatic nitrogens is 3. The predicted octanol–water partition coefficient (Wildman–Crippen LogP) is 0.244. The average molecular weight is 261 g/mol. The molecule has 0 saturated heterocycles. The highest BCUT2D eigenvalue weighted by Gasteiger charge is 2.16. The van der Waals surface area contributed by atoms with Crippen LogP contribution < -0.4 is 10.9 Å². The second-order valence-electron chi connectivity index (χ2n) is 4.11. The average Bonchev–Trinajstić information content (AvgIpc) is 3.05. The van der Waals surface area contributed by atoms with Gasteiger partial charge in [-0.05, 0) is 25.1 Å². The third kappa shape index (κ3) is 2.82. The lowest BCUT2D eigenvalue weighted by Gasteiger charge is -2.13. The van der Waals surface area contributed by atoms with Gasteiger partial charge >= 0.3 is 0 Å². The van der Waals surface area contributed by atoms with Crippen LogP contribution in [0, 0.1) is 0 Å². The van der Waals surface area contributed by atoms with E-state index < -0.39 is 6.04 Å². The number of hydrogen-bond acceptors (Lipinski definition) is 3. The van der Waals surface area contributed by atoms with Crippen LogP contribution in [0.3, 0.4) is 0 Å². The van der Waals surface area contributed by atoms with Crippen molar-refractivity contribution in [2.45, 2.75) is 13.0 Å². The van der Waals surface area contributed by atoms with Gasteiger partial charge < -0.3 is 4.57 Å². The van der Waals surface area contributed by atoms with Gasteiger partial charge in [0.2, 0.25) is 0 Å². The van der Waals surface area contributed by atoms with Crippen molar-refractivity contribution in [2.75, 3.05) is 0 Å². The Labute approximate surface area is 110 Å². The summed E-state index contributed by atoms with van der Waals surface area (Å²) in [5, 5.41) is 3.97. The van der Waals surface area contributed by atoms with Crippen LogP contribution in [0.15, 0.2) is 36.8 Å². The first-order chi connectivity index (χ1) is 9.09. The highest BCUT2D eigenvalue weighted by atomic mass is 16.2. The van der Waals surface area contributed by atoms with Crippen LogP contribution in [0.5, 0.6) is 0 Å². The molecule has 2 amide bonds. The molecule has 0 fully saturated rings. The lowest BCUT2D eigenvalue weighted by atomic mass is 10.3. The number of amides is 2. The van der Waals surface area contributed by atoms with Crippen LogP contribution >= 0.6 is 0 Å². The van der Waals surface area contributed by atoms with Crippen molar-refractivity contribution in [2.24, 2.45) is 7.05 Å². The van der Waals surface area contributed by atoms with E-state index in [0.717, 1.165) is 0 Å². The molecule has 0 aliphatic rings. The van der Waals surface area contributed by atoms with Gasteiger partial charge in [-0.2, -0.15) is 5.10 Å². The van der Waals surface area contributed by atoms with Crippen molar-refractivity contribution in [3.05, 3.63) is 42.5 Å². The molecule has 19 heavy (non-hydrogen) atoms. The van der Waals surface area contributed by atoms with E-state index in [2.05, 4.69) is 16.0 Å². The second kappa shape index (κ2) is 5.38. The SMILES string of the molecule is CC(C(=O)NNC(=O)c1cccn1C)n1cccn1. The van der Waals surface area contributed by atoms with Crippen molar-refractivity contribution in [3.8, 4) is 0 Å². The van der Waals surface area contributed by atoms with Crippen LogP contribution in [0.2, 0.25) is 0 Å². The molecule has 2 heterocycles. The van der Waals surface area contributed by atoms with Gasteiger partial charge in [0.15, 0.2) is 0 Å².